The van der Waals surface area contributed by atoms with Crippen LogP contribution in [0.2, 0.25) is 0 Å². The van der Waals surface area contributed by atoms with Gasteiger partial charge in [-0.25, -0.2) is 27.1 Å². The molecule has 0 bridgehead atoms. The lowest BCUT2D eigenvalue weighted by Crippen LogP contribution is -2.17. The number of hydrogen-bond donors (Lipinski definition) is 4. The van der Waals surface area contributed by atoms with Crippen LogP contribution in [0.25, 0.3) is 0 Å². The number of nitrogens with zero attached hydrogens (tertiary/aromatic N) is 1. The number of nitro benzene ring substituents is 1. The minimum atomic E-state index is -4.10. The van der Waals surface area contributed by atoms with Gasteiger partial charge in [-0.15, -0.1) is 0 Å². The largest absolute Gasteiger partial charge is 0.379 e. The second-order valence-corrected chi connectivity index (χ2v) is 9.39. The molecule has 162 valence electrons. The fraction of sp³-hybridized carbons (Fsp3) is 0.188. The van der Waals surface area contributed by atoms with Gasteiger partial charge >= 0.3 is 0 Å². The van der Waals surface area contributed by atoms with Crippen molar-refractivity contribution in [2.45, 2.75) is 17.1 Å². The third kappa shape index (κ3) is 7.07. The maximum atomic E-state index is 12.1. The molecule has 0 heterocycles. The SMILES string of the molecule is NS(=O)(=O)Cc1cccc(NC(=O)CCNc2ccc(S(N)(=O)=O)cc2[N+](=O)[O-])c1. The van der Waals surface area contributed by atoms with Crippen LogP contribution in [0.15, 0.2) is 47.4 Å². The molecule has 0 unspecified atom stereocenters. The molecule has 6 N–H and O–H groups in total. The van der Waals surface area contributed by atoms with Crippen LogP contribution in [0, 0.1) is 10.1 Å². The quantitative estimate of drug-likeness (QED) is 0.307. The molecule has 0 aliphatic heterocycles. The highest BCUT2D eigenvalue weighted by Gasteiger charge is 2.19. The highest BCUT2D eigenvalue weighted by atomic mass is 32.2. The third-order valence-corrected chi connectivity index (χ3v) is 5.39. The van der Waals surface area contributed by atoms with Crippen LogP contribution < -0.4 is 20.9 Å². The Morgan fingerprint density at radius 3 is 2.37 bits per heavy atom. The molecule has 0 saturated heterocycles. The lowest BCUT2D eigenvalue weighted by atomic mass is 10.2. The molecular formula is C16H19N5O7S2. The van der Waals surface area contributed by atoms with Crippen molar-refractivity contribution in [2.24, 2.45) is 10.3 Å². The third-order valence-electron chi connectivity index (χ3n) is 3.74. The van der Waals surface area contributed by atoms with Crippen LogP contribution >= 0.6 is 0 Å². The summed E-state index contributed by atoms with van der Waals surface area (Å²) in [5.41, 5.74) is 0.289. The Hall–Kier alpha value is -3.07. The van der Waals surface area contributed by atoms with E-state index in [-0.39, 0.29) is 24.4 Å². The van der Waals surface area contributed by atoms with Crippen molar-refractivity contribution in [2.75, 3.05) is 17.2 Å². The number of hydrogen-bond acceptors (Lipinski definition) is 8. The summed E-state index contributed by atoms with van der Waals surface area (Å²) >= 11 is 0. The van der Waals surface area contributed by atoms with Crippen molar-refractivity contribution in [3.05, 3.63) is 58.1 Å². The van der Waals surface area contributed by atoms with Gasteiger partial charge in [-0.3, -0.25) is 14.9 Å². The maximum absolute atomic E-state index is 12.1. The number of rotatable bonds is 9. The molecule has 14 heteroatoms. The monoisotopic (exact) mass is 457 g/mol. The van der Waals surface area contributed by atoms with E-state index in [0.29, 0.717) is 11.3 Å². The Labute approximate surface area is 172 Å². The predicted octanol–water partition coefficient (Wildman–Crippen LogP) is 0.471. The fourth-order valence-corrected chi connectivity index (χ4v) is 3.67. The van der Waals surface area contributed by atoms with Gasteiger partial charge in [0.15, 0.2) is 0 Å². The van der Waals surface area contributed by atoms with Crippen LogP contribution in [-0.4, -0.2) is 34.2 Å². The maximum Gasteiger partial charge on any atom is 0.293 e. The van der Waals surface area contributed by atoms with Crippen LogP contribution in [0.1, 0.15) is 12.0 Å². The van der Waals surface area contributed by atoms with E-state index in [4.69, 9.17) is 10.3 Å². The molecule has 2 aromatic rings. The summed E-state index contributed by atoms with van der Waals surface area (Å²) < 4.78 is 45.0. The standard InChI is InChI=1S/C16H19N5O7S2/c17-29(25,26)10-11-2-1-3-12(8-11)20-16(22)6-7-19-14-5-4-13(30(18,27)28)9-15(14)21(23)24/h1-5,8-9,19H,6-7,10H2,(H,20,22)(H2,17,25,26)(H2,18,27,28). The summed E-state index contributed by atoms with van der Waals surface area (Å²) in [5.74, 6) is -0.810. The van der Waals surface area contributed by atoms with Crippen molar-refractivity contribution < 1.29 is 26.6 Å². The zero-order chi connectivity index (χ0) is 22.5. The van der Waals surface area contributed by atoms with Crippen molar-refractivity contribution in [3.8, 4) is 0 Å². The van der Waals surface area contributed by atoms with E-state index in [1.807, 2.05) is 0 Å². The number of amides is 1. The minimum Gasteiger partial charge on any atom is -0.379 e. The first kappa shape index (κ1) is 23.2. The first-order chi connectivity index (χ1) is 13.8. The molecule has 0 spiro atoms. The van der Waals surface area contributed by atoms with Crippen molar-refractivity contribution >= 4 is 43.0 Å². The summed E-state index contributed by atoms with van der Waals surface area (Å²) in [6.45, 7) is 0.0122. The molecular weight excluding hydrogens is 438 g/mol. The summed E-state index contributed by atoms with van der Waals surface area (Å²) in [6.07, 6.45) is -0.0759. The number of carbonyl (C=O) groups excluding carboxylic acids is 1. The smallest absolute Gasteiger partial charge is 0.293 e. The van der Waals surface area contributed by atoms with Crippen molar-refractivity contribution in [1.82, 2.24) is 0 Å². The summed E-state index contributed by atoms with van der Waals surface area (Å²) in [7, 11) is -7.82. The molecule has 0 aromatic heterocycles. The van der Waals surface area contributed by atoms with Gasteiger partial charge in [0.05, 0.1) is 15.6 Å². The first-order valence-corrected chi connectivity index (χ1v) is 11.6. The Kier molecular flexibility index (Phi) is 7.09. The fourth-order valence-electron chi connectivity index (χ4n) is 2.49. The predicted molar refractivity (Wildman–Crippen MR) is 109 cm³/mol. The summed E-state index contributed by atoms with van der Waals surface area (Å²) in [4.78, 5) is 22.1. The lowest BCUT2D eigenvalue weighted by Gasteiger charge is -2.09. The number of carbonyl (C=O) groups is 1. The first-order valence-electron chi connectivity index (χ1n) is 8.29. The van der Waals surface area contributed by atoms with E-state index in [9.17, 15) is 31.7 Å². The van der Waals surface area contributed by atoms with Gasteiger partial charge < -0.3 is 10.6 Å². The average molecular weight is 457 g/mol. The Bertz CT molecular complexity index is 1180. The second-order valence-electron chi connectivity index (χ2n) is 6.21. The zero-order valence-corrected chi connectivity index (χ0v) is 17.1. The van der Waals surface area contributed by atoms with Crippen LogP contribution in [0.3, 0.4) is 0 Å². The number of anilines is 2. The molecule has 0 atom stereocenters. The van der Waals surface area contributed by atoms with Gasteiger partial charge in [-0.05, 0) is 29.8 Å². The van der Waals surface area contributed by atoms with Crippen LogP contribution in [0.5, 0.6) is 0 Å². The molecule has 12 nitrogen and oxygen atoms in total. The molecule has 0 fully saturated rings. The van der Waals surface area contributed by atoms with E-state index in [2.05, 4.69) is 10.6 Å². The zero-order valence-electron chi connectivity index (χ0n) is 15.4. The van der Waals surface area contributed by atoms with Gasteiger partial charge in [0.25, 0.3) is 5.69 Å². The van der Waals surface area contributed by atoms with Crippen molar-refractivity contribution in [1.29, 1.82) is 0 Å². The number of nitro groups is 1. The lowest BCUT2D eigenvalue weighted by molar-refractivity contribution is -0.384. The van der Waals surface area contributed by atoms with Crippen LogP contribution in [0.4, 0.5) is 17.1 Å². The number of sulfonamides is 2. The topological polar surface area (TPSA) is 205 Å². The summed E-state index contributed by atoms with van der Waals surface area (Å²) in [5, 5.41) is 26.4. The average Bonchev–Trinajstić information content (AvgIpc) is 2.59. The molecule has 2 aromatic carbocycles. The molecule has 30 heavy (non-hydrogen) atoms. The van der Waals surface area contributed by atoms with Crippen LogP contribution in [-0.2, 0) is 30.6 Å². The summed E-state index contributed by atoms with van der Waals surface area (Å²) in [6, 6.07) is 9.26. The molecule has 0 aliphatic carbocycles. The van der Waals surface area contributed by atoms with Gasteiger partial charge in [0.1, 0.15) is 5.69 Å². The molecule has 0 aliphatic rings. The molecule has 0 radical (unpaired) electrons. The van der Waals surface area contributed by atoms with E-state index in [0.717, 1.165) is 12.1 Å². The number of primary sulfonamides is 2. The van der Waals surface area contributed by atoms with E-state index < -0.39 is 41.5 Å². The number of nitrogens with two attached hydrogens (primary N) is 2. The Morgan fingerprint density at radius 2 is 1.77 bits per heavy atom. The van der Waals surface area contributed by atoms with Gasteiger partial charge in [-0.2, -0.15) is 0 Å². The highest BCUT2D eigenvalue weighted by molar-refractivity contribution is 7.89. The van der Waals surface area contributed by atoms with E-state index in [1.54, 1.807) is 18.2 Å². The molecule has 1 amide bonds. The van der Waals surface area contributed by atoms with Gasteiger partial charge in [0.2, 0.25) is 26.0 Å². The van der Waals surface area contributed by atoms with Gasteiger partial charge in [0, 0.05) is 24.7 Å². The number of benzene rings is 2. The highest BCUT2D eigenvalue weighted by Crippen LogP contribution is 2.27. The molecule has 0 saturated carbocycles. The molecule has 2 rings (SSSR count). The van der Waals surface area contributed by atoms with E-state index >= 15 is 0 Å². The Balaban J connectivity index is 2.00. The normalized spacial score (nSPS) is 11.7. The Morgan fingerprint density at radius 1 is 1.07 bits per heavy atom. The number of nitrogens with one attached hydrogen (secondary N) is 2. The minimum absolute atomic E-state index is 0.0122. The van der Waals surface area contributed by atoms with Gasteiger partial charge in [-0.1, -0.05) is 12.1 Å². The van der Waals surface area contributed by atoms with E-state index in [1.165, 1.54) is 12.1 Å². The van der Waals surface area contributed by atoms with Crippen molar-refractivity contribution in [3.63, 3.8) is 0 Å². The second kappa shape index (κ2) is 9.17.